The molecule has 0 amide bonds. The van der Waals surface area contributed by atoms with Crippen LogP contribution < -0.4 is 15.4 Å². The summed E-state index contributed by atoms with van der Waals surface area (Å²) >= 11 is 0. The average molecular weight is 519 g/mol. The van der Waals surface area contributed by atoms with E-state index in [2.05, 4.69) is 15.6 Å². The Morgan fingerprint density at radius 2 is 1.86 bits per heavy atom. The zero-order chi connectivity index (χ0) is 19.3. The largest absolute Gasteiger partial charge is 0.454 e. The number of guanidine groups is 1. The van der Waals surface area contributed by atoms with E-state index in [0.29, 0.717) is 24.7 Å². The van der Waals surface area contributed by atoms with Crippen molar-refractivity contribution in [1.82, 2.24) is 10.6 Å². The van der Waals surface area contributed by atoms with Crippen LogP contribution in [0.1, 0.15) is 12.0 Å². The number of nitrogens with zero attached hydrogens (tertiary/aromatic N) is 1. The lowest BCUT2D eigenvalue weighted by molar-refractivity contribution is 0.437. The third-order valence-corrected chi connectivity index (χ3v) is 6.04. The number of rotatable bonds is 5. The van der Waals surface area contributed by atoms with Crippen LogP contribution in [0, 0.1) is 5.82 Å². The van der Waals surface area contributed by atoms with Gasteiger partial charge in [-0.1, -0.05) is 30.3 Å². The van der Waals surface area contributed by atoms with Gasteiger partial charge in [-0.3, -0.25) is 4.99 Å². The van der Waals surface area contributed by atoms with E-state index in [1.165, 1.54) is 6.07 Å². The van der Waals surface area contributed by atoms with Crippen molar-refractivity contribution in [3.05, 3.63) is 59.9 Å². The van der Waals surface area contributed by atoms with Gasteiger partial charge in [-0.15, -0.1) is 24.0 Å². The standard InChI is InChI=1S/C19H22FN3O3S.HI/c1-21-19(23-15-10-11-27(24,25)13-15)22-12-14-6-2-4-8-17(14)26-18-9-5-3-7-16(18)20;/h2-9,15H,10-13H2,1H3,(H2,21,22,23);1H. The number of nitrogens with one attached hydrogen (secondary N) is 2. The second-order valence-electron chi connectivity index (χ2n) is 6.31. The molecule has 0 spiro atoms. The highest BCUT2D eigenvalue weighted by Crippen LogP contribution is 2.27. The number of benzene rings is 2. The number of aliphatic imine (C=N–C) groups is 1. The van der Waals surface area contributed by atoms with Crippen molar-refractivity contribution < 1.29 is 17.5 Å². The number of ether oxygens (including phenoxy) is 1. The monoisotopic (exact) mass is 519 g/mol. The molecule has 28 heavy (non-hydrogen) atoms. The van der Waals surface area contributed by atoms with Crippen LogP contribution >= 0.6 is 24.0 Å². The molecule has 1 saturated heterocycles. The molecule has 1 fully saturated rings. The lowest BCUT2D eigenvalue weighted by atomic mass is 10.2. The second-order valence-corrected chi connectivity index (χ2v) is 8.54. The summed E-state index contributed by atoms with van der Waals surface area (Å²) in [7, 11) is -1.34. The topological polar surface area (TPSA) is 79.8 Å². The second kappa shape index (κ2) is 10.1. The number of hydrogen-bond acceptors (Lipinski definition) is 4. The molecule has 0 bridgehead atoms. The van der Waals surface area contributed by atoms with Crippen molar-refractivity contribution >= 4 is 39.8 Å². The summed E-state index contributed by atoms with van der Waals surface area (Å²) in [5, 5.41) is 6.28. The van der Waals surface area contributed by atoms with Gasteiger partial charge in [0.25, 0.3) is 0 Å². The van der Waals surface area contributed by atoms with Crippen LogP contribution in [-0.4, -0.2) is 39.0 Å². The first-order valence-corrected chi connectivity index (χ1v) is 10.5. The number of halogens is 2. The Bertz CT molecular complexity index is 938. The molecular formula is C19H23FIN3O3S. The molecule has 1 heterocycles. The third kappa shape index (κ3) is 6.06. The maximum atomic E-state index is 13.8. The van der Waals surface area contributed by atoms with Crippen molar-refractivity contribution in [3.63, 3.8) is 0 Å². The zero-order valence-corrected chi connectivity index (χ0v) is 18.5. The molecule has 9 heteroatoms. The maximum Gasteiger partial charge on any atom is 0.191 e. The Morgan fingerprint density at radius 3 is 2.50 bits per heavy atom. The molecule has 0 saturated carbocycles. The van der Waals surface area contributed by atoms with E-state index in [4.69, 9.17) is 4.74 Å². The predicted molar refractivity (Wildman–Crippen MR) is 119 cm³/mol. The lowest BCUT2D eigenvalue weighted by Gasteiger charge is -2.17. The van der Waals surface area contributed by atoms with Crippen molar-refractivity contribution in [1.29, 1.82) is 0 Å². The third-order valence-electron chi connectivity index (χ3n) is 4.27. The first kappa shape index (κ1) is 22.4. The van der Waals surface area contributed by atoms with Crippen LogP contribution in [0.15, 0.2) is 53.5 Å². The highest BCUT2D eigenvalue weighted by Gasteiger charge is 2.28. The molecule has 0 radical (unpaired) electrons. The Kier molecular flexibility index (Phi) is 8.05. The molecule has 2 aromatic carbocycles. The zero-order valence-electron chi connectivity index (χ0n) is 15.4. The fourth-order valence-corrected chi connectivity index (χ4v) is 4.54. The van der Waals surface area contributed by atoms with Gasteiger partial charge in [0.1, 0.15) is 5.75 Å². The van der Waals surface area contributed by atoms with Gasteiger partial charge in [-0.25, -0.2) is 12.8 Å². The first-order chi connectivity index (χ1) is 13.0. The highest BCUT2D eigenvalue weighted by molar-refractivity contribution is 14.0. The molecule has 1 aliphatic rings. The molecule has 6 nitrogen and oxygen atoms in total. The van der Waals surface area contributed by atoms with Gasteiger partial charge < -0.3 is 15.4 Å². The van der Waals surface area contributed by atoms with Gasteiger partial charge in [-0.2, -0.15) is 0 Å². The van der Waals surface area contributed by atoms with E-state index in [0.717, 1.165) is 5.56 Å². The van der Waals surface area contributed by atoms with Gasteiger partial charge >= 0.3 is 0 Å². The Balaban J connectivity index is 0.00000280. The van der Waals surface area contributed by atoms with Crippen LogP contribution in [0.3, 0.4) is 0 Å². The summed E-state index contributed by atoms with van der Waals surface area (Å²) in [5.74, 6) is 1.08. The SMILES string of the molecule is CN=C(NCc1ccccc1Oc1ccccc1F)NC1CCS(=O)(=O)C1.I. The molecule has 2 aromatic rings. The normalized spacial score (nSPS) is 18.2. The first-order valence-electron chi connectivity index (χ1n) is 8.65. The minimum absolute atomic E-state index is 0. The summed E-state index contributed by atoms with van der Waals surface area (Å²) in [6, 6.07) is 13.4. The van der Waals surface area contributed by atoms with Gasteiger partial charge in [0.05, 0.1) is 11.5 Å². The van der Waals surface area contributed by atoms with Crippen molar-refractivity contribution in [3.8, 4) is 11.5 Å². The molecule has 1 atom stereocenters. The minimum atomic E-state index is -2.96. The molecule has 1 aliphatic heterocycles. The lowest BCUT2D eigenvalue weighted by Crippen LogP contribution is -2.43. The minimum Gasteiger partial charge on any atom is -0.454 e. The van der Waals surface area contributed by atoms with E-state index in [9.17, 15) is 12.8 Å². The molecule has 0 aliphatic carbocycles. The molecule has 1 unspecified atom stereocenters. The van der Waals surface area contributed by atoms with E-state index < -0.39 is 15.7 Å². The number of para-hydroxylation sites is 2. The van der Waals surface area contributed by atoms with E-state index in [1.54, 1.807) is 31.3 Å². The van der Waals surface area contributed by atoms with Gasteiger partial charge in [0.15, 0.2) is 27.4 Å². The fraction of sp³-hybridized carbons (Fsp3) is 0.316. The van der Waals surface area contributed by atoms with Crippen molar-refractivity contribution in [2.45, 2.75) is 19.0 Å². The van der Waals surface area contributed by atoms with Crippen LogP contribution in [0.4, 0.5) is 4.39 Å². The van der Waals surface area contributed by atoms with Crippen LogP contribution in [0.2, 0.25) is 0 Å². The Hall–Kier alpha value is -1.88. The van der Waals surface area contributed by atoms with Crippen LogP contribution in [0.25, 0.3) is 0 Å². The Labute approximate surface area is 181 Å². The molecule has 0 aromatic heterocycles. The summed E-state index contributed by atoms with van der Waals surface area (Å²) in [6.45, 7) is 0.393. The fourth-order valence-electron chi connectivity index (χ4n) is 2.87. The quantitative estimate of drug-likeness (QED) is 0.361. The number of sulfone groups is 1. The summed E-state index contributed by atoms with van der Waals surface area (Å²) in [4.78, 5) is 4.14. The van der Waals surface area contributed by atoms with Crippen LogP contribution in [-0.2, 0) is 16.4 Å². The smallest absolute Gasteiger partial charge is 0.191 e. The average Bonchev–Trinajstić information content (AvgIpc) is 3.00. The summed E-state index contributed by atoms with van der Waals surface area (Å²) < 4.78 is 42.7. The van der Waals surface area contributed by atoms with E-state index in [1.807, 2.05) is 18.2 Å². The molecule has 152 valence electrons. The Morgan fingerprint density at radius 1 is 1.18 bits per heavy atom. The van der Waals surface area contributed by atoms with E-state index >= 15 is 0 Å². The predicted octanol–water partition coefficient (Wildman–Crippen LogP) is 3.09. The molecule has 2 N–H and O–H groups in total. The molecular weight excluding hydrogens is 496 g/mol. The number of hydrogen-bond donors (Lipinski definition) is 2. The summed E-state index contributed by atoms with van der Waals surface area (Å²) in [6.07, 6.45) is 0.565. The van der Waals surface area contributed by atoms with Gasteiger partial charge in [0, 0.05) is 25.2 Å². The maximum absolute atomic E-state index is 13.8. The highest BCUT2D eigenvalue weighted by atomic mass is 127. The summed E-state index contributed by atoms with van der Waals surface area (Å²) in [5.41, 5.74) is 0.822. The van der Waals surface area contributed by atoms with Crippen molar-refractivity contribution in [2.24, 2.45) is 4.99 Å². The van der Waals surface area contributed by atoms with Gasteiger partial charge in [0.2, 0.25) is 0 Å². The van der Waals surface area contributed by atoms with Gasteiger partial charge in [-0.05, 0) is 24.6 Å². The molecule has 3 rings (SSSR count). The van der Waals surface area contributed by atoms with Crippen LogP contribution in [0.5, 0.6) is 11.5 Å². The van der Waals surface area contributed by atoms with E-state index in [-0.39, 0.29) is 47.3 Å². The van der Waals surface area contributed by atoms with Crippen molar-refractivity contribution in [2.75, 3.05) is 18.6 Å².